The van der Waals surface area contributed by atoms with Gasteiger partial charge < -0.3 is 4.90 Å². The molecule has 4 nitrogen and oxygen atoms in total. The zero-order chi connectivity index (χ0) is 17.9. The van der Waals surface area contributed by atoms with Crippen molar-refractivity contribution in [3.8, 4) is 6.07 Å². The molecule has 1 aliphatic rings. The first kappa shape index (κ1) is 16.5. The molecule has 2 heterocycles. The zero-order valence-electron chi connectivity index (χ0n) is 14.1. The minimum Gasteiger partial charge on any atom is -0.330 e. The van der Waals surface area contributed by atoms with Gasteiger partial charge in [0.1, 0.15) is 5.01 Å². The fourth-order valence-corrected chi connectivity index (χ4v) is 4.37. The van der Waals surface area contributed by atoms with Crippen molar-refractivity contribution >= 4 is 33.5 Å². The van der Waals surface area contributed by atoms with Gasteiger partial charge in [-0.05, 0) is 48.7 Å². The molecule has 128 valence electrons. The van der Waals surface area contributed by atoms with Crippen LogP contribution in [0.5, 0.6) is 0 Å². The number of aromatic nitrogens is 1. The molecular weight excluding hydrogens is 342 g/mol. The van der Waals surface area contributed by atoms with Crippen LogP contribution in [-0.4, -0.2) is 22.3 Å². The summed E-state index contributed by atoms with van der Waals surface area (Å²) in [5.41, 5.74) is 2.52. The molecule has 1 amide bonds. The highest BCUT2D eigenvalue weighted by atomic mass is 32.1. The van der Waals surface area contributed by atoms with Gasteiger partial charge in [-0.3, -0.25) is 4.79 Å². The number of nitriles is 1. The van der Waals surface area contributed by atoms with Gasteiger partial charge in [-0.2, -0.15) is 5.26 Å². The molecule has 26 heavy (non-hydrogen) atoms. The monoisotopic (exact) mass is 359 g/mol. The summed E-state index contributed by atoms with van der Waals surface area (Å²) < 4.78 is 1.16. The molecule has 5 heteroatoms. The van der Waals surface area contributed by atoms with E-state index in [1.54, 1.807) is 35.6 Å². The molecule has 2 aromatic carbocycles. The van der Waals surface area contributed by atoms with Crippen LogP contribution in [0.4, 0.5) is 0 Å². The van der Waals surface area contributed by atoms with E-state index < -0.39 is 0 Å². The van der Waals surface area contributed by atoms with Gasteiger partial charge in [-0.15, -0.1) is 11.3 Å². The second kappa shape index (κ2) is 7.11. The second-order valence-electron chi connectivity index (χ2n) is 6.28. The Morgan fingerprint density at radius 2 is 2.04 bits per heavy atom. The quantitative estimate of drug-likeness (QED) is 0.645. The molecule has 0 N–H and O–H groups in total. The molecule has 0 spiro atoms. The number of amides is 1. The lowest BCUT2D eigenvalue weighted by atomic mass is 10.1. The van der Waals surface area contributed by atoms with Crippen molar-refractivity contribution in [1.82, 2.24) is 9.88 Å². The normalized spacial score (nSPS) is 17.0. The Morgan fingerprint density at radius 1 is 1.23 bits per heavy atom. The van der Waals surface area contributed by atoms with Crippen LogP contribution in [0, 0.1) is 11.3 Å². The van der Waals surface area contributed by atoms with E-state index in [0.29, 0.717) is 5.56 Å². The molecule has 3 aromatic rings. The number of carbonyl (C=O) groups is 1. The summed E-state index contributed by atoms with van der Waals surface area (Å²) in [5.74, 6) is 0.0103. The lowest BCUT2D eigenvalue weighted by molar-refractivity contribution is -0.126. The molecule has 0 aliphatic carbocycles. The van der Waals surface area contributed by atoms with Crippen LogP contribution in [0.2, 0.25) is 0 Å². The first-order chi connectivity index (χ1) is 12.7. The molecular formula is C21H17N3OS. The Kier molecular flexibility index (Phi) is 4.51. The van der Waals surface area contributed by atoms with Gasteiger partial charge in [-0.1, -0.05) is 24.3 Å². The van der Waals surface area contributed by atoms with E-state index in [4.69, 9.17) is 10.2 Å². The molecule has 1 aromatic heterocycles. The molecule has 0 saturated carbocycles. The van der Waals surface area contributed by atoms with E-state index in [1.807, 2.05) is 35.2 Å². The van der Waals surface area contributed by atoms with Crippen LogP contribution >= 0.6 is 11.3 Å². The summed E-state index contributed by atoms with van der Waals surface area (Å²) in [6, 6.07) is 17.4. The fourth-order valence-electron chi connectivity index (χ4n) is 3.25. The molecule has 1 atom stereocenters. The van der Waals surface area contributed by atoms with Crippen LogP contribution in [0.1, 0.15) is 35.0 Å². The van der Waals surface area contributed by atoms with Gasteiger partial charge in [0.05, 0.1) is 27.9 Å². The molecule has 1 aliphatic heterocycles. The van der Waals surface area contributed by atoms with E-state index in [-0.39, 0.29) is 11.9 Å². The van der Waals surface area contributed by atoms with E-state index in [0.717, 1.165) is 40.2 Å². The van der Waals surface area contributed by atoms with Gasteiger partial charge in [-0.25, -0.2) is 4.98 Å². The van der Waals surface area contributed by atoms with Crippen molar-refractivity contribution in [2.75, 3.05) is 6.54 Å². The van der Waals surface area contributed by atoms with Crippen LogP contribution in [0.3, 0.4) is 0 Å². The largest absolute Gasteiger partial charge is 0.330 e. The van der Waals surface area contributed by atoms with Crippen molar-refractivity contribution in [3.63, 3.8) is 0 Å². The maximum atomic E-state index is 12.7. The first-order valence-corrected chi connectivity index (χ1v) is 9.40. The highest BCUT2D eigenvalue weighted by molar-refractivity contribution is 7.18. The van der Waals surface area contributed by atoms with Crippen molar-refractivity contribution < 1.29 is 4.79 Å². The van der Waals surface area contributed by atoms with E-state index in [2.05, 4.69) is 12.1 Å². The molecule has 1 saturated heterocycles. The molecule has 0 bridgehead atoms. The zero-order valence-corrected chi connectivity index (χ0v) is 14.9. The van der Waals surface area contributed by atoms with E-state index >= 15 is 0 Å². The maximum Gasteiger partial charge on any atom is 0.247 e. The molecule has 4 rings (SSSR count). The average Bonchev–Trinajstić information content (AvgIpc) is 3.32. The van der Waals surface area contributed by atoms with Crippen LogP contribution < -0.4 is 0 Å². The van der Waals surface area contributed by atoms with Gasteiger partial charge >= 0.3 is 0 Å². The fraction of sp³-hybridized carbons (Fsp3) is 0.190. The number of thiazole rings is 1. The summed E-state index contributed by atoms with van der Waals surface area (Å²) in [6.07, 6.45) is 5.37. The molecule has 1 fully saturated rings. The Morgan fingerprint density at radius 3 is 2.81 bits per heavy atom. The number of nitrogens with zero attached hydrogens (tertiary/aromatic N) is 3. The van der Waals surface area contributed by atoms with E-state index in [1.165, 1.54) is 0 Å². The number of benzene rings is 2. The third-order valence-electron chi connectivity index (χ3n) is 4.59. The number of fused-ring (bicyclic) bond motifs is 1. The summed E-state index contributed by atoms with van der Waals surface area (Å²) in [6.45, 7) is 0.761. The summed E-state index contributed by atoms with van der Waals surface area (Å²) in [7, 11) is 0. The lowest BCUT2D eigenvalue weighted by Crippen LogP contribution is -2.28. The standard InChI is InChI=1S/C21H17N3OS/c22-14-16-9-7-15(8-10-16)11-12-20(25)24-13-3-5-18(24)21-23-17-4-1-2-6-19(17)26-21/h1-2,4,6-12,18H,3,5,13H2. The van der Waals surface area contributed by atoms with Crippen molar-refractivity contribution in [2.45, 2.75) is 18.9 Å². The van der Waals surface area contributed by atoms with Crippen molar-refractivity contribution in [1.29, 1.82) is 5.26 Å². The Bertz CT molecular complexity index is 981. The summed E-state index contributed by atoms with van der Waals surface area (Å²) >= 11 is 1.67. The van der Waals surface area contributed by atoms with Crippen LogP contribution in [0.15, 0.2) is 54.6 Å². The third kappa shape index (κ3) is 3.24. The van der Waals surface area contributed by atoms with Gasteiger partial charge in [0.15, 0.2) is 0 Å². The Balaban J connectivity index is 1.52. The average molecular weight is 359 g/mol. The molecule has 1 unspecified atom stereocenters. The van der Waals surface area contributed by atoms with Crippen molar-refractivity contribution in [3.05, 3.63) is 70.7 Å². The smallest absolute Gasteiger partial charge is 0.247 e. The molecule has 0 radical (unpaired) electrons. The third-order valence-corrected chi connectivity index (χ3v) is 5.73. The number of hydrogen-bond acceptors (Lipinski definition) is 4. The van der Waals surface area contributed by atoms with E-state index in [9.17, 15) is 4.79 Å². The lowest BCUT2D eigenvalue weighted by Gasteiger charge is -2.21. The predicted molar refractivity (Wildman–Crippen MR) is 103 cm³/mol. The maximum absolute atomic E-state index is 12.7. The summed E-state index contributed by atoms with van der Waals surface area (Å²) in [5, 5.41) is 9.86. The number of carbonyl (C=O) groups excluding carboxylic acids is 1. The highest BCUT2D eigenvalue weighted by Gasteiger charge is 2.31. The topological polar surface area (TPSA) is 57.0 Å². The summed E-state index contributed by atoms with van der Waals surface area (Å²) in [4.78, 5) is 19.4. The number of likely N-dealkylation sites (tertiary alicyclic amines) is 1. The Labute approximate surface area is 156 Å². The number of rotatable bonds is 3. The SMILES string of the molecule is N#Cc1ccc(C=CC(=O)N2CCCC2c2nc3ccccc3s2)cc1. The van der Waals surface area contributed by atoms with Gasteiger partial charge in [0.25, 0.3) is 0 Å². The van der Waals surface area contributed by atoms with Crippen molar-refractivity contribution in [2.24, 2.45) is 0 Å². The minimum absolute atomic E-state index is 0.0103. The predicted octanol–water partition coefficient (Wildman–Crippen LogP) is 4.54. The van der Waals surface area contributed by atoms with Crippen LogP contribution in [0.25, 0.3) is 16.3 Å². The number of para-hydroxylation sites is 1. The van der Waals surface area contributed by atoms with Crippen LogP contribution in [-0.2, 0) is 4.79 Å². The van der Waals surface area contributed by atoms with Gasteiger partial charge in [0.2, 0.25) is 5.91 Å². The second-order valence-corrected chi connectivity index (χ2v) is 7.34. The minimum atomic E-state index is 0.0103. The highest BCUT2D eigenvalue weighted by Crippen LogP contribution is 2.36. The van der Waals surface area contributed by atoms with Gasteiger partial charge in [0, 0.05) is 12.6 Å². The number of hydrogen-bond donors (Lipinski definition) is 0. The Hall–Kier alpha value is -2.97. The first-order valence-electron chi connectivity index (χ1n) is 8.59.